The number of primary amides is 1. The molecule has 3 amide bonds. The number of ketones is 1. The Labute approximate surface area is 124 Å². The number of carbonyl (C=O) groups is 3. The molecule has 114 valence electrons. The number of rotatable bonds is 10. The number of Topliss-reactive ketones (excluding diaryl/α,β-unsaturated/α-hetero) is 1. The van der Waals surface area contributed by atoms with Gasteiger partial charge >= 0.3 is 6.03 Å². The molecule has 0 aliphatic heterocycles. The summed E-state index contributed by atoms with van der Waals surface area (Å²) in [5, 5.41) is 7.70. The molecular weight excluding hydrogens is 280 g/mol. The molecule has 0 aromatic rings. The van der Waals surface area contributed by atoms with Crippen molar-refractivity contribution in [2.24, 2.45) is 11.7 Å². The number of urea groups is 1. The maximum absolute atomic E-state index is 12.0. The predicted octanol–water partition coefficient (Wildman–Crippen LogP) is -0.308. The van der Waals surface area contributed by atoms with E-state index < -0.39 is 12.1 Å². The van der Waals surface area contributed by atoms with Crippen LogP contribution in [0, 0.1) is 5.92 Å². The number of hydrogen-bond donors (Lipinski definition) is 4. The lowest BCUT2D eigenvalue weighted by Gasteiger charge is -2.19. The Balaban J connectivity index is 4.34. The Morgan fingerprint density at radius 1 is 1.30 bits per heavy atom. The van der Waals surface area contributed by atoms with Gasteiger partial charge in [0.25, 0.3) is 0 Å². The first kappa shape index (κ1) is 18.3. The predicted molar refractivity (Wildman–Crippen MR) is 80.3 cm³/mol. The van der Waals surface area contributed by atoms with Crippen molar-refractivity contribution in [2.45, 2.75) is 32.7 Å². The van der Waals surface area contributed by atoms with E-state index in [1.807, 2.05) is 0 Å². The van der Waals surface area contributed by atoms with E-state index in [2.05, 4.69) is 28.2 Å². The van der Waals surface area contributed by atoms with E-state index in [0.717, 1.165) is 0 Å². The SMILES string of the molecule is CC(C)C(=O)C(CCCNC(N)=O)NC(=O)CNC=S. The Kier molecular flexibility index (Phi) is 9.27. The molecule has 0 bridgehead atoms. The van der Waals surface area contributed by atoms with Crippen LogP contribution in [0.5, 0.6) is 0 Å². The van der Waals surface area contributed by atoms with Gasteiger partial charge in [0.1, 0.15) is 0 Å². The van der Waals surface area contributed by atoms with Crippen molar-refractivity contribution < 1.29 is 14.4 Å². The lowest BCUT2D eigenvalue weighted by atomic mass is 9.98. The second-order valence-electron chi connectivity index (χ2n) is 4.61. The lowest BCUT2D eigenvalue weighted by molar-refractivity contribution is -0.129. The van der Waals surface area contributed by atoms with Crippen LogP contribution in [0.4, 0.5) is 4.79 Å². The van der Waals surface area contributed by atoms with E-state index in [1.54, 1.807) is 13.8 Å². The number of nitrogens with one attached hydrogen (secondary N) is 3. The fourth-order valence-electron chi connectivity index (χ4n) is 1.59. The van der Waals surface area contributed by atoms with Gasteiger partial charge in [0, 0.05) is 12.5 Å². The number of thiocarbonyl (C=S) groups is 1. The van der Waals surface area contributed by atoms with Crippen LogP contribution in [-0.2, 0) is 9.59 Å². The van der Waals surface area contributed by atoms with Crippen LogP contribution in [0.2, 0.25) is 0 Å². The zero-order valence-corrected chi connectivity index (χ0v) is 12.6. The van der Waals surface area contributed by atoms with Gasteiger partial charge in [0.15, 0.2) is 5.78 Å². The van der Waals surface area contributed by atoms with Crippen molar-refractivity contribution in [1.82, 2.24) is 16.0 Å². The van der Waals surface area contributed by atoms with Crippen LogP contribution in [0.3, 0.4) is 0 Å². The van der Waals surface area contributed by atoms with E-state index in [1.165, 1.54) is 5.49 Å². The molecule has 0 aliphatic rings. The highest BCUT2D eigenvalue weighted by Gasteiger charge is 2.22. The van der Waals surface area contributed by atoms with Gasteiger partial charge in [-0.25, -0.2) is 4.79 Å². The molecule has 0 saturated heterocycles. The Morgan fingerprint density at radius 3 is 2.45 bits per heavy atom. The molecule has 0 aliphatic carbocycles. The average molecular weight is 302 g/mol. The molecular formula is C12H22N4O3S. The first-order valence-electron chi connectivity index (χ1n) is 6.42. The van der Waals surface area contributed by atoms with Gasteiger partial charge < -0.3 is 21.7 Å². The van der Waals surface area contributed by atoms with Gasteiger partial charge in [0.2, 0.25) is 5.91 Å². The third-order valence-electron chi connectivity index (χ3n) is 2.56. The number of hydrogen-bond acceptors (Lipinski definition) is 4. The number of amides is 3. The molecule has 7 nitrogen and oxygen atoms in total. The number of carbonyl (C=O) groups excluding carboxylic acids is 3. The van der Waals surface area contributed by atoms with Crippen molar-refractivity contribution in [2.75, 3.05) is 13.1 Å². The minimum absolute atomic E-state index is 0.0326. The molecule has 5 N–H and O–H groups in total. The quantitative estimate of drug-likeness (QED) is 0.327. The summed E-state index contributed by atoms with van der Waals surface area (Å²) >= 11 is 4.55. The zero-order valence-electron chi connectivity index (χ0n) is 11.8. The summed E-state index contributed by atoms with van der Waals surface area (Å²) in [6.07, 6.45) is 0.994. The highest BCUT2D eigenvalue weighted by atomic mass is 32.1. The molecule has 1 atom stereocenters. The molecule has 0 saturated carbocycles. The topological polar surface area (TPSA) is 113 Å². The Morgan fingerprint density at radius 2 is 1.95 bits per heavy atom. The second-order valence-corrected chi connectivity index (χ2v) is 4.84. The van der Waals surface area contributed by atoms with Gasteiger partial charge in [-0.1, -0.05) is 26.1 Å². The summed E-state index contributed by atoms with van der Waals surface area (Å²) in [5.74, 6) is -0.518. The van der Waals surface area contributed by atoms with E-state index in [4.69, 9.17) is 5.73 Å². The average Bonchev–Trinajstić information content (AvgIpc) is 2.38. The third-order valence-corrected chi connectivity index (χ3v) is 2.73. The van der Waals surface area contributed by atoms with Crippen LogP contribution < -0.4 is 21.7 Å². The fraction of sp³-hybridized carbons (Fsp3) is 0.667. The summed E-state index contributed by atoms with van der Waals surface area (Å²) in [5.41, 5.74) is 6.19. The Bertz CT molecular complexity index is 361. The molecule has 1 unspecified atom stereocenters. The minimum Gasteiger partial charge on any atom is -0.373 e. The fourth-order valence-corrected chi connectivity index (χ4v) is 1.67. The van der Waals surface area contributed by atoms with Crippen molar-refractivity contribution in [3.8, 4) is 0 Å². The van der Waals surface area contributed by atoms with Crippen LogP contribution in [0.25, 0.3) is 0 Å². The Hall–Kier alpha value is -1.70. The number of nitrogens with two attached hydrogens (primary N) is 1. The zero-order chi connectivity index (χ0) is 15.5. The van der Waals surface area contributed by atoms with Crippen molar-refractivity contribution in [3.63, 3.8) is 0 Å². The molecule has 8 heteroatoms. The third kappa shape index (κ3) is 8.41. The van der Waals surface area contributed by atoms with Crippen LogP contribution in [-0.4, -0.2) is 42.3 Å². The molecule has 0 radical (unpaired) electrons. The maximum Gasteiger partial charge on any atom is 0.312 e. The van der Waals surface area contributed by atoms with Gasteiger partial charge in [-0.15, -0.1) is 0 Å². The summed E-state index contributed by atoms with van der Waals surface area (Å²) < 4.78 is 0. The van der Waals surface area contributed by atoms with E-state index in [9.17, 15) is 14.4 Å². The van der Waals surface area contributed by atoms with Crippen LogP contribution in [0.1, 0.15) is 26.7 Å². The maximum atomic E-state index is 12.0. The van der Waals surface area contributed by atoms with Crippen LogP contribution in [0.15, 0.2) is 0 Å². The minimum atomic E-state index is -0.606. The summed E-state index contributed by atoms with van der Waals surface area (Å²) in [4.78, 5) is 34.1. The van der Waals surface area contributed by atoms with E-state index >= 15 is 0 Å². The largest absolute Gasteiger partial charge is 0.373 e. The normalized spacial score (nSPS) is 11.6. The van der Waals surface area contributed by atoms with Crippen molar-refractivity contribution in [1.29, 1.82) is 0 Å². The highest BCUT2D eigenvalue weighted by molar-refractivity contribution is 7.78. The molecule has 0 aromatic heterocycles. The van der Waals surface area contributed by atoms with Crippen molar-refractivity contribution in [3.05, 3.63) is 0 Å². The summed E-state index contributed by atoms with van der Waals surface area (Å²) in [6.45, 7) is 3.95. The standard InChI is InChI=1S/C12H22N4O3S/c1-8(2)11(18)9(4-3-5-15-12(13)19)16-10(17)6-14-7-20/h7-9H,3-6H2,1-2H3,(H,14,20)(H,16,17)(H3,13,15,19). The van der Waals surface area contributed by atoms with Gasteiger partial charge in [-0.2, -0.15) is 0 Å². The molecule has 0 heterocycles. The van der Waals surface area contributed by atoms with Gasteiger partial charge in [-0.05, 0) is 12.8 Å². The van der Waals surface area contributed by atoms with Gasteiger partial charge in [-0.3, -0.25) is 9.59 Å². The highest BCUT2D eigenvalue weighted by Crippen LogP contribution is 2.06. The van der Waals surface area contributed by atoms with Crippen LogP contribution >= 0.6 is 12.2 Å². The van der Waals surface area contributed by atoms with E-state index in [-0.39, 0.29) is 24.2 Å². The second kappa shape index (κ2) is 10.1. The molecule has 0 spiro atoms. The van der Waals surface area contributed by atoms with Gasteiger partial charge in [0.05, 0.1) is 18.1 Å². The summed E-state index contributed by atoms with van der Waals surface area (Å²) in [6, 6.07) is -1.17. The molecule has 0 aromatic carbocycles. The first-order chi connectivity index (χ1) is 9.38. The molecule has 20 heavy (non-hydrogen) atoms. The molecule has 0 fully saturated rings. The summed E-state index contributed by atoms with van der Waals surface area (Å²) in [7, 11) is 0. The monoisotopic (exact) mass is 302 g/mol. The molecule has 0 rings (SSSR count). The van der Waals surface area contributed by atoms with E-state index in [0.29, 0.717) is 19.4 Å². The smallest absolute Gasteiger partial charge is 0.312 e. The van der Waals surface area contributed by atoms with Crippen molar-refractivity contribution >= 4 is 35.4 Å². The first-order valence-corrected chi connectivity index (χ1v) is 6.89. The lowest BCUT2D eigenvalue weighted by Crippen LogP contribution is -2.46.